The summed E-state index contributed by atoms with van der Waals surface area (Å²) in [6.45, 7) is 2.43. The minimum atomic E-state index is -0.0204. The minimum absolute atomic E-state index is 0.0204. The fraction of sp³-hybridized carbons (Fsp3) is 0.188. The first-order valence-corrected chi connectivity index (χ1v) is 7.41. The van der Waals surface area contributed by atoms with Gasteiger partial charge in [0.15, 0.2) is 0 Å². The minimum Gasteiger partial charge on any atom is -0.337 e. The molecule has 0 bridgehead atoms. The van der Waals surface area contributed by atoms with Gasteiger partial charge in [-0.1, -0.05) is 45.7 Å². The van der Waals surface area contributed by atoms with Crippen molar-refractivity contribution in [2.75, 3.05) is 7.05 Å². The number of halogens is 2. The van der Waals surface area contributed by atoms with Crippen molar-refractivity contribution in [3.63, 3.8) is 0 Å². The van der Waals surface area contributed by atoms with E-state index in [-0.39, 0.29) is 5.91 Å². The number of nitrogens with zero attached hydrogens (tertiary/aromatic N) is 1. The standard InChI is InChI=1S/C16H15BrClNO/c1-11-14(4-3-5-15(11)18)16(20)19(2)10-12-6-8-13(17)9-7-12/h3-9H,10H2,1-2H3. The summed E-state index contributed by atoms with van der Waals surface area (Å²) in [5, 5.41) is 0.618. The number of hydrogen-bond donors (Lipinski definition) is 0. The van der Waals surface area contributed by atoms with E-state index in [0.717, 1.165) is 15.6 Å². The highest BCUT2D eigenvalue weighted by Gasteiger charge is 2.15. The third-order valence-electron chi connectivity index (χ3n) is 3.18. The third kappa shape index (κ3) is 3.41. The Morgan fingerprint density at radius 2 is 1.85 bits per heavy atom. The van der Waals surface area contributed by atoms with E-state index < -0.39 is 0 Å². The average molecular weight is 353 g/mol. The molecule has 104 valence electrons. The lowest BCUT2D eigenvalue weighted by atomic mass is 10.1. The molecule has 0 spiro atoms. The highest BCUT2D eigenvalue weighted by atomic mass is 79.9. The summed E-state index contributed by atoms with van der Waals surface area (Å²) in [6, 6.07) is 13.3. The Morgan fingerprint density at radius 1 is 1.20 bits per heavy atom. The fourth-order valence-electron chi connectivity index (χ4n) is 1.98. The maximum atomic E-state index is 12.4. The van der Waals surface area contributed by atoms with Gasteiger partial charge in [-0.3, -0.25) is 4.79 Å². The van der Waals surface area contributed by atoms with E-state index in [1.54, 1.807) is 24.1 Å². The highest BCUT2D eigenvalue weighted by Crippen LogP contribution is 2.20. The van der Waals surface area contributed by atoms with Gasteiger partial charge in [0.1, 0.15) is 0 Å². The van der Waals surface area contributed by atoms with Crippen LogP contribution in [0, 0.1) is 6.92 Å². The number of benzene rings is 2. The van der Waals surface area contributed by atoms with Crippen LogP contribution in [0.1, 0.15) is 21.5 Å². The van der Waals surface area contributed by atoms with Gasteiger partial charge < -0.3 is 4.90 Å². The van der Waals surface area contributed by atoms with E-state index in [2.05, 4.69) is 15.9 Å². The largest absolute Gasteiger partial charge is 0.337 e. The predicted molar refractivity (Wildman–Crippen MR) is 86.1 cm³/mol. The molecule has 0 heterocycles. The molecular formula is C16H15BrClNO. The topological polar surface area (TPSA) is 20.3 Å². The maximum Gasteiger partial charge on any atom is 0.254 e. The molecule has 0 saturated carbocycles. The van der Waals surface area contributed by atoms with Crippen molar-refractivity contribution in [3.8, 4) is 0 Å². The number of amides is 1. The molecule has 2 rings (SSSR count). The molecule has 0 fully saturated rings. The Labute approximate surface area is 132 Å². The summed E-state index contributed by atoms with van der Waals surface area (Å²) in [7, 11) is 1.80. The quantitative estimate of drug-likeness (QED) is 0.785. The fourth-order valence-corrected chi connectivity index (χ4v) is 2.42. The number of carbonyl (C=O) groups excluding carboxylic acids is 1. The molecule has 0 atom stereocenters. The van der Waals surface area contributed by atoms with Crippen molar-refractivity contribution < 1.29 is 4.79 Å². The lowest BCUT2D eigenvalue weighted by Crippen LogP contribution is -2.26. The van der Waals surface area contributed by atoms with Crippen molar-refractivity contribution in [2.45, 2.75) is 13.5 Å². The second kappa shape index (κ2) is 6.42. The Kier molecular flexibility index (Phi) is 4.84. The molecular weight excluding hydrogens is 338 g/mol. The summed E-state index contributed by atoms with van der Waals surface area (Å²) in [6.07, 6.45) is 0. The van der Waals surface area contributed by atoms with E-state index in [1.165, 1.54) is 0 Å². The Balaban J connectivity index is 2.16. The van der Waals surface area contributed by atoms with Gasteiger partial charge in [-0.15, -0.1) is 0 Å². The van der Waals surface area contributed by atoms with Crippen LogP contribution in [0.5, 0.6) is 0 Å². The van der Waals surface area contributed by atoms with Gasteiger partial charge in [0.05, 0.1) is 0 Å². The summed E-state index contributed by atoms with van der Waals surface area (Å²) in [5.41, 5.74) is 2.56. The van der Waals surface area contributed by atoms with Crippen LogP contribution in [-0.4, -0.2) is 17.9 Å². The molecule has 0 unspecified atom stereocenters. The van der Waals surface area contributed by atoms with Gasteiger partial charge in [-0.2, -0.15) is 0 Å². The van der Waals surface area contributed by atoms with Crippen LogP contribution in [0.2, 0.25) is 5.02 Å². The number of rotatable bonds is 3. The molecule has 0 saturated heterocycles. The van der Waals surface area contributed by atoms with Crippen LogP contribution >= 0.6 is 27.5 Å². The van der Waals surface area contributed by atoms with Crippen LogP contribution in [0.15, 0.2) is 46.9 Å². The molecule has 0 aliphatic rings. The number of carbonyl (C=O) groups is 1. The Bertz CT molecular complexity index is 625. The van der Waals surface area contributed by atoms with Crippen LogP contribution < -0.4 is 0 Å². The van der Waals surface area contributed by atoms with Crippen LogP contribution in [0.3, 0.4) is 0 Å². The van der Waals surface area contributed by atoms with Crippen molar-refractivity contribution in [2.24, 2.45) is 0 Å². The van der Waals surface area contributed by atoms with Crippen molar-refractivity contribution in [1.82, 2.24) is 4.90 Å². The van der Waals surface area contributed by atoms with E-state index in [4.69, 9.17) is 11.6 Å². The lowest BCUT2D eigenvalue weighted by Gasteiger charge is -2.19. The van der Waals surface area contributed by atoms with E-state index in [9.17, 15) is 4.79 Å². The second-order valence-corrected chi connectivity index (χ2v) is 6.02. The zero-order chi connectivity index (χ0) is 14.7. The SMILES string of the molecule is Cc1c(Cl)cccc1C(=O)N(C)Cc1ccc(Br)cc1. The van der Waals surface area contributed by atoms with Gasteiger partial charge in [0.2, 0.25) is 0 Å². The van der Waals surface area contributed by atoms with Gasteiger partial charge in [-0.05, 0) is 42.3 Å². The second-order valence-electron chi connectivity index (χ2n) is 4.70. The van der Waals surface area contributed by atoms with E-state index in [0.29, 0.717) is 17.1 Å². The van der Waals surface area contributed by atoms with Crippen molar-refractivity contribution in [3.05, 3.63) is 68.7 Å². The van der Waals surface area contributed by atoms with Crippen LogP contribution in [0.4, 0.5) is 0 Å². The molecule has 2 nitrogen and oxygen atoms in total. The first-order valence-electron chi connectivity index (χ1n) is 6.24. The first-order chi connectivity index (χ1) is 9.49. The van der Waals surface area contributed by atoms with Gasteiger partial charge in [0.25, 0.3) is 5.91 Å². The van der Waals surface area contributed by atoms with E-state index in [1.807, 2.05) is 37.3 Å². The molecule has 20 heavy (non-hydrogen) atoms. The summed E-state index contributed by atoms with van der Waals surface area (Å²) < 4.78 is 1.03. The molecule has 0 aliphatic carbocycles. The predicted octanol–water partition coefficient (Wildman–Crippen LogP) is 4.68. The zero-order valence-corrected chi connectivity index (χ0v) is 13.7. The molecule has 2 aromatic rings. The summed E-state index contributed by atoms with van der Waals surface area (Å²) in [5.74, 6) is -0.0204. The van der Waals surface area contributed by atoms with Gasteiger partial charge in [0, 0.05) is 28.7 Å². The normalized spacial score (nSPS) is 10.4. The molecule has 2 aromatic carbocycles. The van der Waals surface area contributed by atoms with Crippen molar-refractivity contribution >= 4 is 33.4 Å². The van der Waals surface area contributed by atoms with Crippen LogP contribution in [0.25, 0.3) is 0 Å². The maximum absolute atomic E-state index is 12.4. The smallest absolute Gasteiger partial charge is 0.254 e. The zero-order valence-electron chi connectivity index (χ0n) is 11.4. The Hall–Kier alpha value is -1.32. The summed E-state index contributed by atoms with van der Waals surface area (Å²) >= 11 is 9.46. The Morgan fingerprint density at radius 3 is 2.50 bits per heavy atom. The molecule has 0 N–H and O–H groups in total. The average Bonchev–Trinajstić information content (AvgIpc) is 2.43. The first kappa shape index (κ1) is 15.1. The highest BCUT2D eigenvalue weighted by molar-refractivity contribution is 9.10. The molecule has 0 aliphatic heterocycles. The molecule has 0 aromatic heterocycles. The lowest BCUT2D eigenvalue weighted by molar-refractivity contribution is 0.0784. The summed E-state index contributed by atoms with van der Waals surface area (Å²) in [4.78, 5) is 14.1. The van der Waals surface area contributed by atoms with Gasteiger partial charge in [-0.25, -0.2) is 0 Å². The van der Waals surface area contributed by atoms with Crippen LogP contribution in [-0.2, 0) is 6.54 Å². The monoisotopic (exact) mass is 351 g/mol. The molecule has 0 radical (unpaired) electrons. The van der Waals surface area contributed by atoms with Crippen molar-refractivity contribution in [1.29, 1.82) is 0 Å². The third-order valence-corrected chi connectivity index (χ3v) is 4.12. The molecule has 4 heteroatoms. The number of hydrogen-bond acceptors (Lipinski definition) is 1. The van der Waals surface area contributed by atoms with Gasteiger partial charge >= 0.3 is 0 Å². The molecule has 1 amide bonds. The van der Waals surface area contributed by atoms with E-state index >= 15 is 0 Å².